The molecule has 0 atom stereocenters. The highest BCUT2D eigenvalue weighted by Gasteiger charge is 2.07. The van der Waals surface area contributed by atoms with Crippen molar-refractivity contribution in [2.24, 2.45) is 0 Å². The predicted molar refractivity (Wildman–Crippen MR) is 96.7 cm³/mol. The number of carbonyl (C=O) groups excluding carboxylic acids is 1. The smallest absolute Gasteiger partial charge is 0.251 e. The molecule has 24 heavy (non-hydrogen) atoms. The van der Waals surface area contributed by atoms with Crippen LogP contribution in [0.2, 0.25) is 0 Å². The Morgan fingerprint density at radius 1 is 1.08 bits per heavy atom. The Labute approximate surface area is 142 Å². The largest absolute Gasteiger partial charge is 0.355 e. The Kier molecular flexibility index (Phi) is 4.87. The molecule has 122 valence electrons. The lowest BCUT2D eigenvalue weighted by Crippen LogP contribution is -2.19. The second-order valence-corrected chi connectivity index (χ2v) is 5.96. The maximum atomic E-state index is 11.6. The van der Waals surface area contributed by atoms with Crippen molar-refractivity contribution in [1.82, 2.24) is 15.2 Å². The minimum absolute atomic E-state index is 0.0562. The molecule has 0 aliphatic carbocycles. The van der Waals surface area contributed by atoms with Gasteiger partial charge in [-0.2, -0.15) is 0 Å². The van der Waals surface area contributed by atoms with Crippen LogP contribution < -0.4 is 5.32 Å². The van der Waals surface area contributed by atoms with Gasteiger partial charge >= 0.3 is 0 Å². The maximum Gasteiger partial charge on any atom is 0.251 e. The van der Waals surface area contributed by atoms with Gasteiger partial charge in [0.05, 0.1) is 0 Å². The number of pyridine rings is 1. The van der Waals surface area contributed by atoms with E-state index < -0.39 is 0 Å². The second-order valence-electron chi connectivity index (χ2n) is 5.96. The monoisotopic (exact) mass is 319 g/mol. The van der Waals surface area contributed by atoms with Crippen LogP contribution in [0.4, 0.5) is 0 Å². The quantitative estimate of drug-likeness (QED) is 0.785. The number of rotatable bonds is 5. The van der Waals surface area contributed by atoms with Crippen molar-refractivity contribution in [1.29, 1.82) is 0 Å². The number of nitrogens with one attached hydrogen (secondary N) is 1. The van der Waals surface area contributed by atoms with Crippen LogP contribution in [-0.4, -0.2) is 29.9 Å². The van der Waals surface area contributed by atoms with Gasteiger partial charge in [0.25, 0.3) is 5.91 Å². The Bertz CT molecular complexity index is 838. The molecule has 1 N–H and O–H groups in total. The van der Waals surface area contributed by atoms with Gasteiger partial charge in [0.15, 0.2) is 0 Å². The number of carbonyl (C=O) groups is 1. The van der Waals surface area contributed by atoms with E-state index >= 15 is 0 Å². The van der Waals surface area contributed by atoms with Crippen LogP contribution in [0.1, 0.15) is 21.5 Å². The van der Waals surface area contributed by atoms with Crippen molar-refractivity contribution in [2.75, 3.05) is 14.1 Å². The van der Waals surface area contributed by atoms with Gasteiger partial charge in [-0.1, -0.05) is 30.3 Å². The summed E-state index contributed by atoms with van der Waals surface area (Å²) in [4.78, 5) is 18.0. The summed E-state index contributed by atoms with van der Waals surface area (Å²) in [5.41, 5.74) is 3.16. The molecule has 1 aromatic heterocycles. The van der Waals surface area contributed by atoms with Gasteiger partial charge in [-0.05, 0) is 41.8 Å². The molecule has 4 nitrogen and oxygen atoms in total. The lowest BCUT2D eigenvalue weighted by atomic mass is 10.1. The van der Waals surface area contributed by atoms with Gasteiger partial charge < -0.3 is 5.32 Å². The molecule has 0 saturated heterocycles. The number of nitrogens with zero attached hydrogens (tertiary/aromatic N) is 2. The molecule has 0 unspecified atom stereocenters. The van der Waals surface area contributed by atoms with Gasteiger partial charge in [-0.25, -0.2) is 0 Å². The third-order valence-electron chi connectivity index (χ3n) is 4.11. The zero-order valence-electron chi connectivity index (χ0n) is 14.0. The molecular weight excluding hydrogens is 298 g/mol. The highest BCUT2D eigenvalue weighted by molar-refractivity contribution is 5.93. The molecule has 2 aromatic carbocycles. The Balaban J connectivity index is 1.71. The summed E-state index contributed by atoms with van der Waals surface area (Å²) in [5.74, 6) is -0.0562. The van der Waals surface area contributed by atoms with Crippen molar-refractivity contribution in [3.63, 3.8) is 0 Å². The van der Waals surface area contributed by atoms with Crippen LogP contribution in [0.5, 0.6) is 0 Å². The third-order valence-corrected chi connectivity index (χ3v) is 4.11. The van der Waals surface area contributed by atoms with Gasteiger partial charge in [0.2, 0.25) is 0 Å². The lowest BCUT2D eigenvalue weighted by molar-refractivity contribution is 0.0963. The van der Waals surface area contributed by atoms with Crippen molar-refractivity contribution in [3.8, 4) is 0 Å². The fraction of sp³-hybridized carbons (Fsp3) is 0.200. The molecule has 3 aromatic rings. The number of benzene rings is 2. The highest BCUT2D eigenvalue weighted by atomic mass is 16.1. The third kappa shape index (κ3) is 3.60. The van der Waals surface area contributed by atoms with Crippen LogP contribution in [0.15, 0.2) is 60.9 Å². The van der Waals surface area contributed by atoms with Crippen LogP contribution in [0.3, 0.4) is 0 Å². The summed E-state index contributed by atoms with van der Waals surface area (Å²) in [7, 11) is 3.75. The summed E-state index contributed by atoms with van der Waals surface area (Å²) in [6, 6.07) is 16.1. The van der Waals surface area contributed by atoms with Gasteiger partial charge in [-0.15, -0.1) is 0 Å². The average molecular weight is 319 g/mol. The van der Waals surface area contributed by atoms with E-state index in [4.69, 9.17) is 0 Å². The fourth-order valence-corrected chi connectivity index (χ4v) is 2.89. The summed E-state index contributed by atoms with van der Waals surface area (Å²) in [6.07, 6.45) is 3.74. The van der Waals surface area contributed by atoms with Crippen molar-refractivity contribution < 1.29 is 4.79 Å². The molecule has 0 radical (unpaired) electrons. The molecule has 3 rings (SSSR count). The van der Waals surface area contributed by atoms with Crippen LogP contribution >= 0.6 is 0 Å². The molecule has 1 amide bonds. The summed E-state index contributed by atoms with van der Waals surface area (Å²) < 4.78 is 0. The molecule has 0 spiro atoms. The van der Waals surface area contributed by atoms with E-state index in [2.05, 4.69) is 46.5 Å². The molecular formula is C20H21N3O. The van der Waals surface area contributed by atoms with Crippen molar-refractivity contribution in [3.05, 3.63) is 77.6 Å². The first-order valence-corrected chi connectivity index (χ1v) is 7.98. The minimum atomic E-state index is -0.0562. The molecule has 0 aliphatic rings. The zero-order chi connectivity index (χ0) is 16.9. The average Bonchev–Trinajstić information content (AvgIpc) is 2.62. The zero-order valence-corrected chi connectivity index (χ0v) is 14.0. The van der Waals surface area contributed by atoms with Crippen molar-refractivity contribution >= 4 is 16.7 Å². The SMILES string of the molecule is CNC(=O)c1ccc(CN(C)Cc2cccc3cnccc23)cc1. The summed E-state index contributed by atoms with van der Waals surface area (Å²) in [6.45, 7) is 1.69. The topological polar surface area (TPSA) is 45.2 Å². The Morgan fingerprint density at radius 2 is 1.88 bits per heavy atom. The molecule has 0 saturated carbocycles. The van der Waals surface area contributed by atoms with E-state index in [1.54, 1.807) is 7.05 Å². The minimum Gasteiger partial charge on any atom is -0.355 e. The van der Waals surface area contributed by atoms with E-state index in [9.17, 15) is 4.79 Å². The summed E-state index contributed by atoms with van der Waals surface area (Å²) >= 11 is 0. The van der Waals surface area contributed by atoms with E-state index in [0.717, 1.165) is 13.1 Å². The first-order valence-electron chi connectivity index (χ1n) is 7.98. The Morgan fingerprint density at radius 3 is 2.62 bits per heavy atom. The predicted octanol–water partition coefficient (Wildman–Crippen LogP) is 3.23. The molecule has 1 heterocycles. The van der Waals surface area contributed by atoms with Crippen molar-refractivity contribution in [2.45, 2.75) is 13.1 Å². The number of hydrogen-bond donors (Lipinski definition) is 1. The van der Waals surface area contributed by atoms with Crippen LogP contribution in [0.25, 0.3) is 10.8 Å². The first-order chi connectivity index (χ1) is 11.7. The number of aromatic nitrogens is 1. The first kappa shape index (κ1) is 16.1. The van der Waals surface area contributed by atoms with Crippen LogP contribution in [0, 0.1) is 0 Å². The number of amides is 1. The number of fused-ring (bicyclic) bond motifs is 1. The standard InChI is InChI=1S/C20H21N3O/c1-21-20(24)16-8-6-15(7-9-16)13-23(2)14-18-5-3-4-17-12-22-11-10-19(17)18/h3-12H,13-14H2,1-2H3,(H,21,24). The molecule has 4 heteroatoms. The highest BCUT2D eigenvalue weighted by Crippen LogP contribution is 2.19. The van der Waals surface area contributed by atoms with Gasteiger partial charge in [-0.3, -0.25) is 14.7 Å². The normalized spacial score (nSPS) is 11.0. The number of hydrogen-bond acceptors (Lipinski definition) is 3. The van der Waals surface area contributed by atoms with E-state index in [1.807, 2.05) is 36.7 Å². The second kappa shape index (κ2) is 7.23. The van der Waals surface area contributed by atoms with E-state index in [1.165, 1.54) is 21.9 Å². The Hall–Kier alpha value is -2.72. The van der Waals surface area contributed by atoms with E-state index in [-0.39, 0.29) is 5.91 Å². The summed E-state index contributed by atoms with van der Waals surface area (Å²) in [5, 5.41) is 5.05. The van der Waals surface area contributed by atoms with E-state index in [0.29, 0.717) is 5.56 Å². The van der Waals surface area contributed by atoms with Gasteiger partial charge in [0.1, 0.15) is 0 Å². The van der Waals surface area contributed by atoms with Gasteiger partial charge in [0, 0.05) is 43.5 Å². The fourth-order valence-electron chi connectivity index (χ4n) is 2.89. The maximum absolute atomic E-state index is 11.6. The molecule has 0 fully saturated rings. The van der Waals surface area contributed by atoms with Crippen LogP contribution in [-0.2, 0) is 13.1 Å². The lowest BCUT2D eigenvalue weighted by Gasteiger charge is -2.18. The molecule has 0 aliphatic heterocycles. The molecule has 0 bridgehead atoms.